The molecule has 2 rings (SSSR count). The molecule has 1 aliphatic heterocycles. The molecule has 1 heterocycles. The number of aliphatic hydroxyl groups is 1. The summed E-state index contributed by atoms with van der Waals surface area (Å²) >= 11 is 0. The van der Waals surface area contributed by atoms with Gasteiger partial charge >= 0.3 is 0 Å². The molecule has 0 bridgehead atoms. The summed E-state index contributed by atoms with van der Waals surface area (Å²) in [5.41, 5.74) is 0.784. The van der Waals surface area contributed by atoms with Gasteiger partial charge in [0, 0.05) is 6.54 Å². The zero-order valence-corrected chi connectivity index (χ0v) is 8.77. The van der Waals surface area contributed by atoms with E-state index < -0.39 is 11.7 Å². The van der Waals surface area contributed by atoms with Gasteiger partial charge < -0.3 is 9.84 Å². The van der Waals surface area contributed by atoms with E-state index >= 15 is 0 Å². The summed E-state index contributed by atoms with van der Waals surface area (Å²) in [5, 5.41) is 8.87. The Morgan fingerprint density at radius 3 is 2.75 bits per heavy atom. The van der Waals surface area contributed by atoms with E-state index in [4.69, 9.17) is 9.84 Å². The molecule has 1 N–H and O–H groups in total. The maximum Gasteiger partial charge on any atom is 0.299 e. The second-order valence-corrected chi connectivity index (χ2v) is 3.37. The molecule has 5 heteroatoms. The van der Waals surface area contributed by atoms with Gasteiger partial charge in [-0.2, -0.15) is 0 Å². The van der Waals surface area contributed by atoms with E-state index in [1.165, 1.54) is 12.0 Å². The number of aliphatic hydroxyl groups excluding tert-OH is 1. The lowest BCUT2D eigenvalue weighted by atomic mass is 10.1. The smallest absolute Gasteiger partial charge is 0.299 e. The number of methoxy groups -OCH3 is 1. The monoisotopic (exact) mass is 221 g/mol. The van der Waals surface area contributed by atoms with Crippen LogP contribution in [0.5, 0.6) is 5.75 Å². The van der Waals surface area contributed by atoms with Gasteiger partial charge in [-0.1, -0.05) is 6.07 Å². The number of hydrogen-bond acceptors (Lipinski definition) is 4. The number of amides is 1. The first kappa shape index (κ1) is 10.6. The predicted octanol–water partition coefficient (Wildman–Crippen LogP) is 0.217. The average Bonchev–Trinajstić information content (AvgIpc) is 2.55. The zero-order chi connectivity index (χ0) is 11.7. The van der Waals surface area contributed by atoms with E-state index in [1.54, 1.807) is 18.2 Å². The van der Waals surface area contributed by atoms with Crippen molar-refractivity contribution in [3.8, 4) is 5.75 Å². The van der Waals surface area contributed by atoms with Gasteiger partial charge in [0.05, 0.1) is 25.0 Å². The number of rotatable bonds is 3. The summed E-state index contributed by atoms with van der Waals surface area (Å²) in [6.07, 6.45) is 0. The highest BCUT2D eigenvalue weighted by molar-refractivity contribution is 6.52. The quantitative estimate of drug-likeness (QED) is 0.741. The third-order valence-electron chi connectivity index (χ3n) is 2.50. The Kier molecular flexibility index (Phi) is 2.62. The molecule has 0 atom stereocenters. The number of benzene rings is 1. The second kappa shape index (κ2) is 3.94. The largest absolute Gasteiger partial charge is 0.495 e. The molecule has 1 aromatic rings. The fraction of sp³-hybridized carbons (Fsp3) is 0.273. The molecule has 5 nitrogen and oxygen atoms in total. The Morgan fingerprint density at radius 2 is 2.12 bits per heavy atom. The van der Waals surface area contributed by atoms with Crippen molar-refractivity contribution < 1.29 is 19.4 Å². The summed E-state index contributed by atoms with van der Waals surface area (Å²) < 4.78 is 5.10. The van der Waals surface area contributed by atoms with Gasteiger partial charge in [-0.25, -0.2) is 0 Å². The van der Waals surface area contributed by atoms with Crippen LogP contribution in [-0.4, -0.2) is 37.1 Å². The van der Waals surface area contributed by atoms with E-state index in [2.05, 4.69) is 0 Å². The second-order valence-electron chi connectivity index (χ2n) is 3.37. The standard InChI is InChI=1S/C11H11NO4/c1-16-8-4-2-3-7-9(8)12(5-6-13)11(15)10(7)14/h2-4,13H,5-6H2,1H3. The van der Waals surface area contributed by atoms with E-state index in [0.717, 1.165) is 0 Å². The summed E-state index contributed by atoms with van der Waals surface area (Å²) in [4.78, 5) is 24.5. The molecular weight excluding hydrogens is 210 g/mol. The normalized spacial score (nSPS) is 14.2. The molecule has 1 aromatic carbocycles. The van der Waals surface area contributed by atoms with Crippen molar-refractivity contribution in [2.45, 2.75) is 0 Å². The number of anilines is 1. The summed E-state index contributed by atoms with van der Waals surface area (Å²) in [6.45, 7) is -0.103. The minimum atomic E-state index is -0.617. The minimum absolute atomic E-state index is 0.0952. The molecule has 0 aromatic heterocycles. The molecule has 0 saturated carbocycles. The van der Waals surface area contributed by atoms with Gasteiger partial charge in [0.1, 0.15) is 5.75 Å². The number of fused-ring (bicyclic) bond motifs is 1. The van der Waals surface area contributed by atoms with E-state index in [0.29, 0.717) is 17.0 Å². The highest BCUT2D eigenvalue weighted by Gasteiger charge is 2.37. The molecule has 1 aliphatic rings. The van der Waals surface area contributed by atoms with Gasteiger partial charge in [0.2, 0.25) is 0 Å². The van der Waals surface area contributed by atoms with Crippen LogP contribution < -0.4 is 9.64 Å². The molecule has 0 aliphatic carbocycles. The fourth-order valence-corrected chi connectivity index (χ4v) is 1.80. The number of ketones is 1. The van der Waals surface area contributed by atoms with Crippen molar-refractivity contribution in [2.75, 3.05) is 25.2 Å². The zero-order valence-electron chi connectivity index (χ0n) is 8.77. The molecule has 0 radical (unpaired) electrons. The topological polar surface area (TPSA) is 66.8 Å². The molecule has 0 unspecified atom stereocenters. The molecule has 0 saturated heterocycles. The Hall–Kier alpha value is -1.88. The number of carbonyl (C=O) groups excluding carboxylic acids is 2. The van der Waals surface area contributed by atoms with Crippen LogP contribution in [0.1, 0.15) is 10.4 Å². The summed E-state index contributed by atoms with van der Waals surface area (Å²) in [7, 11) is 1.47. The Morgan fingerprint density at radius 1 is 1.38 bits per heavy atom. The van der Waals surface area contributed by atoms with Crippen molar-refractivity contribution in [1.29, 1.82) is 0 Å². The van der Waals surface area contributed by atoms with Crippen molar-refractivity contribution in [3.63, 3.8) is 0 Å². The highest BCUT2D eigenvalue weighted by atomic mass is 16.5. The van der Waals surface area contributed by atoms with Gasteiger partial charge in [0.15, 0.2) is 0 Å². The van der Waals surface area contributed by atoms with Crippen molar-refractivity contribution in [2.24, 2.45) is 0 Å². The van der Waals surface area contributed by atoms with Gasteiger partial charge in [0.25, 0.3) is 11.7 Å². The Balaban J connectivity index is 2.57. The number of β-amino-alcohol motifs (C(OH)–C–C–N with tert-alkyl or cyclic N) is 1. The van der Waals surface area contributed by atoms with E-state index in [-0.39, 0.29) is 13.2 Å². The van der Waals surface area contributed by atoms with Crippen LogP contribution in [0, 0.1) is 0 Å². The lowest BCUT2D eigenvalue weighted by molar-refractivity contribution is -0.114. The SMILES string of the molecule is COc1cccc2c1N(CCO)C(=O)C2=O. The Bertz CT molecular complexity index is 455. The Labute approximate surface area is 92.2 Å². The third-order valence-corrected chi connectivity index (χ3v) is 2.50. The lowest BCUT2D eigenvalue weighted by Crippen LogP contribution is -2.32. The number of carbonyl (C=O) groups is 2. The van der Waals surface area contributed by atoms with Crippen molar-refractivity contribution in [3.05, 3.63) is 23.8 Å². The molecular formula is C11H11NO4. The molecule has 16 heavy (non-hydrogen) atoms. The third kappa shape index (κ3) is 1.37. The lowest BCUT2D eigenvalue weighted by Gasteiger charge is -2.17. The number of Topliss-reactive ketones (excluding diaryl/α,β-unsaturated/α-hetero) is 1. The summed E-state index contributed by atoms with van der Waals surface area (Å²) in [6, 6.07) is 4.91. The van der Waals surface area contributed by atoms with E-state index in [9.17, 15) is 9.59 Å². The fourth-order valence-electron chi connectivity index (χ4n) is 1.80. The minimum Gasteiger partial charge on any atom is -0.495 e. The van der Waals surface area contributed by atoms with Crippen molar-refractivity contribution in [1.82, 2.24) is 0 Å². The van der Waals surface area contributed by atoms with Crippen LogP contribution in [0.4, 0.5) is 5.69 Å². The maximum atomic E-state index is 11.6. The van der Waals surface area contributed by atoms with Gasteiger partial charge in [-0.05, 0) is 12.1 Å². The molecule has 1 amide bonds. The van der Waals surface area contributed by atoms with Crippen LogP contribution in [0.2, 0.25) is 0 Å². The first-order valence-corrected chi connectivity index (χ1v) is 4.84. The average molecular weight is 221 g/mol. The molecule has 0 fully saturated rings. The number of nitrogens with zero attached hydrogens (tertiary/aromatic N) is 1. The first-order chi connectivity index (χ1) is 7.70. The van der Waals surface area contributed by atoms with Crippen LogP contribution in [-0.2, 0) is 4.79 Å². The van der Waals surface area contributed by atoms with Crippen molar-refractivity contribution >= 4 is 17.4 Å². The highest BCUT2D eigenvalue weighted by Crippen LogP contribution is 2.37. The van der Waals surface area contributed by atoms with Crippen LogP contribution in [0.15, 0.2) is 18.2 Å². The van der Waals surface area contributed by atoms with Gasteiger partial charge in [-0.3, -0.25) is 14.5 Å². The van der Waals surface area contributed by atoms with Crippen LogP contribution >= 0.6 is 0 Å². The molecule has 0 spiro atoms. The number of hydrogen-bond donors (Lipinski definition) is 1. The predicted molar refractivity (Wildman–Crippen MR) is 56.8 cm³/mol. The number of ether oxygens (including phenoxy) is 1. The molecule has 84 valence electrons. The first-order valence-electron chi connectivity index (χ1n) is 4.84. The van der Waals surface area contributed by atoms with E-state index in [1.807, 2.05) is 0 Å². The van der Waals surface area contributed by atoms with Crippen LogP contribution in [0.3, 0.4) is 0 Å². The van der Waals surface area contributed by atoms with Gasteiger partial charge in [-0.15, -0.1) is 0 Å². The summed E-state index contributed by atoms with van der Waals surface area (Å²) in [5.74, 6) is -0.707. The maximum absolute atomic E-state index is 11.6. The van der Waals surface area contributed by atoms with Crippen LogP contribution in [0.25, 0.3) is 0 Å². The number of para-hydroxylation sites is 1.